The largest absolute Gasteiger partial charge is 0.487 e. The van der Waals surface area contributed by atoms with Crippen LogP contribution in [0.3, 0.4) is 0 Å². The lowest BCUT2D eigenvalue weighted by Gasteiger charge is -2.01. The minimum atomic E-state index is 0.544. The molecular formula is C13H10N4OS. The highest BCUT2D eigenvalue weighted by atomic mass is 32.1. The number of ether oxygens (including phenoxy) is 1. The SMILES string of the molecule is C#CCc1csc(OC)c1-c1nc2cnncc2[nH]1. The summed E-state index contributed by atoms with van der Waals surface area (Å²) in [5.41, 5.74) is 3.56. The molecule has 94 valence electrons. The lowest BCUT2D eigenvalue weighted by atomic mass is 10.1. The molecule has 0 radical (unpaired) electrons. The van der Waals surface area contributed by atoms with Crippen molar-refractivity contribution in [1.29, 1.82) is 0 Å². The second-order valence-electron chi connectivity index (χ2n) is 3.88. The van der Waals surface area contributed by atoms with E-state index in [9.17, 15) is 0 Å². The van der Waals surface area contributed by atoms with Gasteiger partial charge in [0.25, 0.3) is 0 Å². The Bertz CT molecular complexity index is 735. The van der Waals surface area contributed by atoms with Gasteiger partial charge in [0.05, 0.1) is 30.6 Å². The van der Waals surface area contributed by atoms with Gasteiger partial charge in [-0.1, -0.05) is 0 Å². The molecule has 3 aromatic rings. The van der Waals surface area contributed by atoms with Crippen molar-refractivity contribution in [2.75, 3.05) is 7.11 Å². The van der Waals surface area contributed by atoms with Crippen molar-refractivity contribution in [3.8, 4) is 28.8 Å². The lowest BCUT2D eigenvalue weighted by molar-refractivity contribution is 0.428. The van der Waals surface area contributed by atoms with Crippen molar-refractivity contribution in [3.05, 3.63) is 23.3 Å². The molecule has 3 heterocycles. The molecule has 0 unspecified atom stereocenters. The Hall–Kier alpha value is -2.39. The zero-order chi connectivity index (χ0) is 13.2. The lowest BCUT2D eigenvalue weighted by Crippen LogP contribution is -1.89. The van der Waals surface area contributed by atoms with Crippen molar-refractivity contribution in [2.45, 2.75) is 6.42 Å². The topological polar surface area (TPSA) is 63.7 Å². The van der Waals surface area contributed by atoms with Gasteiger partial charge in [-0.3, -0.25) is 0 Å². The molecular weight excluding hydrogens is 260 g/mol. The Morgan fingerprint density at radius 2 is 2.26 bits per heavy atom. The summed E-state index contributed by atoms with van der Waals surface area (Å²) in [6.07, 6.45) is 9.21. The smallest absolute Gasteiger partial charge is 0.184 e. The number of imidazole rings is 1. The maximum atomic E-state index is 5.40. The van der Waals surface area contributed by atoms with E-state index in [1.165, 1.54) is 11.3 Å². The van der Waals surface area contributed by atoms with Crippen LogP contribution in [-0.2, 0) is 6.42 Å². The molecule has 0 saturated heterocycles. The minimum Gasteiger partial charge on any atom is -0.487 e. The molecule has 0 aliphatic carbocycles. The first kappa shape index (κ1) is 11.7. The second kappa shape index (κ2) is 4.71. The monoisotopic (exact) mass is 270 g/mol. The second-order valence-corrected chi connectivity index (χ2v) is 4.72. The van der Waals surface area contributed by atoms with Crippen LogP contribution in [0.5, 0.6) is 5.06 Å². The van der Waals surface area contributed by atoms with Crippen LogP contribution in [0.2, 0.25) is 0 Å². The number of terminal acetylenes is 1. The highest BCUT2D eigenvalue weighted by molar-refractivity contribution is 7.12. The Morgan fingerprint density at radius 1 is 1.42 bits per heavy atom. The van der Waals surface area contributed by atoms with Crippen LogP contribution in [-0.4, -0.2) is 27.3 Å². The third kappa shape index (κ3) is 1.94. The Balaban J connectivity index is 2.19. The predicted molar refractivity (Wildman–Crippen MR) is 74.1 cm³/mol. The Kier molecular flexibility index (Phi) is 2.89. The van der Waals surface area contributed by atoms with Gasteiger partial charge in [0.2, 0.25) is 0 Å². The maximum Gasteiger partial charge on any atom is 0.184 e. The highest BCUT2D eigenvalue weighted by Gasteiger charge is 2.17. The summed E-state index contributed by atoms with van der Waals surface area (Å²) in [6, 6.07) is 0. The number of methoxy groups -OCH3 is 1. The van der Waals surface area contributed by atoms with Gasteiger partial charge in [-0.15, -0.1) is 23.7 Å². The number of aromatic amines is 1. The van der Waals surface area contributed by atoms with Crippen LogP contribution in [0, 0.1) is 12.3 Å². The van der Waals surface area contributed by atoms with E-state index in [-0.39, 0.29) is 0 Å². The normalized spacial score (nSPS) is 10.5. The van der Waals surface area contributed by atoms with Crippen molar-refractivity contribution in [1.82, 2.24) is 20.2 Å². The van der Waals surface area contributed by atoms with Crippen molar-refractivity contribution in [3.63, 3.8) is 0 Å². The van der Waals surface area contributed by atoms with E-state index in [0.29, 0.717) is 6.42 Å². The molecule has 0 fully saturated rings. The standard InChI is InChI=1S/C13H10N4OS/c1-3-4-8-7-19-13(18-2)11(8)12-16-9-5-14-15-6-10(9)17-12/h1,5-7H,4H2,2H3,(H,16,17). The van der Waals surface area contributed by atoms with E-state index >= 15 is 0 Å². The number of rotatable bonds is 3. The number of H-pyrrole nitrogens is 1. The molecule has 0 bridgehead atoms. The first-order valence-corrected chi connectivity index (χ1v) is 6.46. The summed E-state index contributed by atoms with van der Waals surface area (Å²) in [6.45, 7) is 0. The first-order valence-electron chi connectivity index (χ1n) is 5.58. The van der Waals surface area contributed by atoms with Gasteiger partial charge < -0.3 is 9.72 Å². The van der Waals surface area contributed by atoms with Gasteiger partial charge in [-0.05, 0) is 10.9 Å². The number of aromatic nitrogens is 4. The highest BCUT2D eigenvalue weighted by Crippen LogP contribution is 2.38. The predicted octanol–water partition coefficient (Wildman–Crippen LogP) is 2.27. The van der Waals surface area contributed by atoms with Crippen LogP contribution < -0.4 is 4.74 Å². The average molecular weight is 270 g/mol. The molecule has 0 amide bonds. The quantitative estimate of drug-likeness (QED) is 0.741. The van der Waals surface area contributed by atoms with Crippen molar-refractivity contribution in [2.24, 2.45) is 0 Å². The van der Waals surface area contributed by atoms with Gasteiger partial charge in [-0.2, -0.15) is 10.2 Å². The average Bonchev–Trinajstić information content (AvgIpc) is 3.01. The molecule has 1 N–H and O–H groups in total. The molecule has 3 rings (SSSR count). The zero-order valence-corrected chi connectivity index (χ0v) is 11.0. The molecule has 0 atom stereocenters. The number of nitrogens with zero attached hydrogens (tertiary/aromatic N) is 3. The zero-order valence-electron chi connectivity index (χ0n) is 10.2. The van der Waals surface area contributed by atoms with E-state index < -0.39 is 0 Å². The summed E-state index contributed by atoms with van der Waals surface area (Å²) < 4.78 is 5.38. The molecule has 0 aliphatic heterocycles. The Morgan fingerprint density at radius 3 is 3.00 bits per heavy atom. The van der Waals surface area contributed by atoms with E-state index in [1.807, 2.05) is 5.38 Å². The molecule has 3 aromatic heterocycles. The van der Waals surface area contributed by atoms with Gasteiger partial charge >= 0.3 is 0 Å². The van der Waals surface area contributed by atoms with E-state index in [4.69, 9.17) is 11.2 Å². The summed E-state index contributed by atoms with van der Waals surface area (Å²) in [5, 5.41) is 10.4. The fraction of sp³-hybridized carbons (Fsp3) is 0.154. The van der Waals surface area contributed by atoms with Gasteiger partial charge in [-0.25, -0.2) is 4.98 Å². The third-order valence-corrected chi connectivity index (χ3v) is 3.73. The third-order valence-electron chi connectivity index (χ3n) is 2.74. The number of nitrogens with one attached hydrogen (secondary N) is 1. The number of hydrogen-bond donors (Lipinski definition) is 1. The number of thiophene rings is 1. The molecule has 19 heavy (non-hydrogen) atoms. The van der Waals surface area contributed by atoms with Crippen LogP contribution in [0.1, 0.15) is 5.56 Å². The fourth-order valence-electron chi connectivity index (χ4n) is 1.91. The summed E-state index contributed by atoms with van der Waals surface area (Å²) in [5.74, 6) is 3.38. The molecule has 0 aromatic carbocycles. The summed E-state index contributed by atoms with van der Waals surface area (Å²) >= 11 is 1.51. The maximum absolute atomic E-state index is 5.40. The van der Waals surface area contributed by atoms with Crippen molar-refractivity contribution < 1.29 is 4.74 Å². The van der Waals surface area contributed by atoms with Crippen LogP contribution in [0.15, 0.2) is 17.8 Å². The van der Waals surface area contributed by atoms with Gasteiger partial charge in [0, 0.05) is 6.42 Å². The molecule has 0 aliphatic rings. The molecule has 0 saturated carbocycles. The van der Waals surface area contributed by atoms with E-state index in [2.05, 4.69) is 26.1 Å². The van der Waals surface area contributed by atoms with Crippen molar-refractivity contribution >= 4 is 22.4 Å². The van der Waals surface area contributed by atoms with E-state index in [0.717, 1.165) is 33.0 Å². The van der Waals surface area contributed by atoms with Gasteiger partial charge in [0.1, 0.15) is 11.3 Å². The first-order chi connectivity index (χ1) is 9.33. The van der Waals surface area contributed by atoms with Crippen LogP contribution in [0.25, 0.3) is 22.4 Å². The number of hydrogen-bond acceptors (Lipinski definition) is 5. The fourth-order valence-corrected chi connectivity index (χ4v) is 2.80. The molecule has 0 spiro atoms. The summed E-state index contributed by atoms with van der Waals surface area (Å²) in [7, 11) is 1.64. The molecule has 6 heteroatoms. The van der Waals surface area contributed by atoms with Crippen LogP contribution >= 0.6 is 11.3 Å². The Labute approximate surface area is 113 Å². The van der Waals surface area contributed by atoms with Gasteiger partial charge in [0.15, 0.2) is 5.06 Å². The van der Waals surface area contributed by atoms with Crippen LogP contribution in [0.4, 0.5) is 0 Å². The van der Waals surface area contributed by atoms with E-state index in [1.54, 1.807) is 19.5 Å². The molecule has 5 nitrogen and oxygen atoms in total. The summed E-state index contributed by atoms with van der Waals surface area (Å²) in [4.78, 5) is 7.72. The number of fused-ring (bicyclic) bond motifs is 1. The minimum absolute atomic E-state index is 0.544.